The molecule has 1 fully saturated rings. The first kappa shape index (κ1) is 13.2. The van der Waals surface area contributed by atoms with Crippen LogP contribution in [0.4, 0.5) is 0 Å². The van der Waals surface area contributed by atoms with E-state index < -0.39 is 0 Å². The molecule has 1 aromatic rings. The van der Waals surface area contributed by atoms with Gasteiger partial charge in [0.05, 0.1) is 10.0 Å². The van der Waals surface area contributed by atoms with E-state index in [0.29, 0.717) is 15.5 Å². The lowest BCUT2D eigenvalue weighted by Gasteiger charge is -2.43. The normalized spacial score (nSPS) is 17.8. The van der Waals surface area contributed by atoms with Crippen molar-refractivity contribution in [2.45, 2.75) is 37.5 Å². The molecule has 17 heavy (non-hydrogen) atoms. The van der Waals surface area contributed by atoms with E-state index in [4.69, 9.17) is 23.2 Å². The van der Waals surface area contributed by atoms with Gasteiger partial charge in [0, 0.05) is 0 Å². The van der Waals surface area contributed by atoms with Crippen molar-refractivity contribution < 1.29 is 0 Å². The molecule has 0 heterocycles. The van der Waals surface area contributed by atoms with Crippen LogP contribution >= 0.6 is 23.2 Å². The smallest absolute Gasteiger partial charge is 0.0595 e. The molecule has 1 nitrogen and oxygen atoms in total. The molecule has 1 aromatic carbocycles. The molecule has 3 heteroatoms. The summed E-state index contributed by atoms with van der Waals surface area (Å²) >= 11 is 12.1. The second-order valence-corrected chi connectivity index (χ2v) is 5.78. The Labute approximate surface area is 114 Å². The van der Waals surface area contributed by atoms with E-state index >= 15 is 0 Å². The Hall–Kier alpha value is -0.240. The van der Waals surface area contributed by atoms with E-state index in [0.717, 1.165) is 6.54 Å². The molecule has 0 saturated heterocycles. The lowest BCUT2D eigenvalue weighted by atomic mass is 9.62. The van der Waals surface area contributed by atoms with Crippen LogP contribution in [0.25, 0.3) is 0 Å². The van der Waals surface area contributed by atoms with E-state index in [2.05, 4.69) is 17.4 Å². The number of halogens is 2. The maximum atomic E-state index is 6.12. The van der Waals surface area contributed by atoms with Crippen LogP contribution in [-0.4, -0.2) is 13.6 Å². The third kappa shape index (κ3) is 2.78. The second kappa shape index (κ2) is 5.60. The Kier molecular flexibility index (Phi) is 4.35. The van der Waals surface area contributed by atoms with Gasteiger partial charge in [-0.25, -0.2) is 0 Å². The third-order valence-electron chi connectivity index (χ3n) is 3.92. The van der Waals surface area contributed by atoms with Gasteiger partial charge in [0.15, 0.2) is 0 Å². The average molecular weight is 272 g/mol. The first-order chi connectivity index (χ1) is 8.18. The third-order valence-corrected chi connectivity index (χ3v) is 4.66. The molecule has 94 valence electrons. The maximum Gasteiger partial charge on any atom is 0.0595 e. The lowest BCUT2D eigenvalue weighted by molar-refractivity contribution is 0.220. The highest BCUT2D eigenvalue weighted by Crippen LogP contribution is 2.48. The number of hydrogen-bond acceptors (Lipinski definition) is 1. The fourth-order valence-electron chi connectivity index (χ4n) is 2.72. The minimum Gasteiger partial charge on any atom is -0.320 e. The Morgan fingerprint density at radius 1 is 1.24 bits per heavy atom. The van der Waals surface area contributed by atoms with Crippen molar-refractivity contribution in [2.24, 2.45) is 0 Å². The Balaban J connectivity index is 2.13. The Bertz CT molecular complexity index is 386. The van der Waals surface area contributed by atoms with E-state index in [9.17, 15) is 0 Å². The van der Waals surface area contributed by atoms with Crippen molar-refractivity contribution in [3.8, 4) is 0 Å². The van der Waals surface area contributed by atoms with Crippen LogP contribution in [-0.2, 0) is 5.41 Å². The average Bonchev–Trinajstić information content (AvgIpc) is 2.26. The van der Waals surface area contributed by atoms with Gasteiger partial charge >= 0.3 is 0 Å². The minimum absolute atomic E-state index is 0.366. The zero-order valence-corrected chi connectivity index (χ0v) is 11.7. The summed E-state index contributed by atoms with van der Waals surface area (Å²) in [6.07, 6.45) is 6.37. The first-order valence-corrected chi connectivity index (χ1v) is 7.04. The second-order valence-electron chi connectivity index (χ2n) is 4.97. The monoisotopic (exact) mass is 271 g/mol. The predicted molar refractivity (Wildman–Crippen MR) is 75.2 cm³/mol. The van der Waals surface area contributed by atoms with Crippen molar-refractivity contribution in [2.75, 3.05) is 13.6 Å². The molecule has 0 atom stereocenters. The summed E-state index contributed by atoms with van der Waals surface area (Å²) < 4.78 is 0. The molecule has 1 saturated carbocycles. The quantitative estimate of drug-likeness (QED) is 0.783. The van der Waals surface area contributed by atoms with Gasteiger partial charge in [-0.05, 0) is 62.4 Å². The van der Waals surface area contributed by atoms with E-state index in [1.165, 1.54) is 37.7 Å². The zero-order valence-electron chi connectivity index (χ0n) is 10.2. The van der Waals surface area contributed by atoms with Crippen molar-refractivity contribution >= 4 is 23.2 Å². The standard InChI is InChI=1S/C14H19Cl2N/c1-17-9-3-8-14(6-2-7-14)11-4-5-12(15)13(16)10-11/h4-5,10,17H,2-3,6-9H2,1H3. The van der Waals surface area contributed by atoms with Gasteiger partial charge in [-0.3, -0.25) is 0 Å². The zero-order chi connectivity index (χ0) is 12.3. The molecule has 2 rings (SSSR count). The molecule has 0 bridgehead atoms. The van der Waals surface area contributed by atoms with Crippen LogP contribution in [0.5, 0.6) is 0 Å². The van der Waals surface area contributed by atoms with Crippen LogP contribution < -0.4 is 5.32 Å². The highest BCUT2D eigenvalue weighted by atomic mass is 35.5. The molecule has 0 aliphatic heterocycles. The van der Waals surface area contributed by atoms with Crippen molar-refractivity contribution in [1.82, 2.24) is 5.32 Å². The highest BCUT2D eigenvalue weighted by Gasteiger charge is 2.37. The summed E-state index contributed by atoms with van der Waals surface area (Å²) in [4.78, 5) is 0. The minimum atomic E-state index is 0.366. The van der Waals surface area contributed by atoms with Crippen LogP contribution in [0.15, 0.2) is 18.2 Å². The number of hydrogen-bond donors (Lipinski definition) is 1. The van der Waals surface area contributed by atoms with Gasteiger partial charge in [-0.1, -0.05) is 35.7 Å². The van der Waals surface area contributed by atoms with E-state index in [-0.39, 0.29) is 0 Å². The van der Waals surface area contributed by atoms with Gasteiger partial charge in [0.25, 0.3) is 0 Å². The predicted octanol–water partition coefficient (Wildman–Crippen LogP) is 4.41. The Morgan fingerprint density at radius 2 is 2.00 bits per heavy atom. The number of nitrogens with one attached hydrogen (secondary N) is 1. The molecule has 1 aliphatic carbocycles. The maximum absolute atomic E-state index is 6.12. The lowest BCUT2D eigenvalue weighted by Crippen LogP contribution is -2.34. The van der Waals surface area contributed by atoms with Crippen molar-refractivity contribution in [3.63, 3.8) is 0 Å². The molecular weight excluding hydrogens is 253 g/mol. The molecular formula is C14H19Cl2N. The van der Waals surface area contributed by atoms with E-state index in [1.54, 1.807) is 0 Å². The first-order valence-electron chi connectivity index (χ1n) is 6.28. The van der Waals surface area contributed by atoms with Crippen molar-refractivity contribution in [3.05, 3.63) is 33.8 Å². The fraction of sp³-hybridized carbons (Fsp3) is 0.571. The van der Waals surface area contributed by atoms with Crippen LogP contribution in [0.1, 0.15) is 37.7 Å². The van der Waals surface area contributed by atoms with Gasteiger partial charge in [-0.15, -0.1) is 0 Å². The molecule has 1 aliphatic rings. The molecule has 0 radical (unpaired) electrons. The molecule has 0 spiro atoms. The number of rotatable bonds is 5. The summed E-state index contributed by atoms with van der Waals surface area (Å²) in [7, 11) is 2.01. The molecule has 0 aromatic heterocycles. The summed E-state index contributed by atoms with van der Waals surface area (Å²) in [6.45, 7) is 1.09. The Morgan fingerprint density at radius 3 is 2.53 bits per heavy atom. The van der Waals surface area contributed by atoms with Gasteiger partial charge in [-0.2, -0.15) is 0 Å². The summed E-state index contributed by atoms with van der Waals surface area (Å²) in [6, 6.07) is 6.13. The molecule has 1 N–H and O–H groups in total. The number of benzene rings is 1. The highest BCUT2D eigenvalue weighted by molar-refractivity contribution is 6.42. The SMILES string of the molecule is CNCCCC1(c2ccc(Cl)c(Cl)c2)CCC1. The summed E-state index contributed by atoms with van der Waals surface area (Å²) in [5.74, 6) is 0. The topological polar surface area (TPSA) is 12.0 Å². The van der Waals surface area contributed by atoms with E-state index in [1.807, 2.05) is 13.1 Å². The fourth-order valence-corrected chi connectivity index (χ4v) is 3.01. The molecule has 0 unspecified atom stereocenters. The molecule has 0 amide bonds. The van der Waals surface area contributed by atoms with Gasteiger partial charge in [0.1, 0.15) is 0 Å². The largest absolute Gasteiger partial charge is 0.320 e. The van der Waals surface area contributed by atoms with Crippen LogP contribution in [0.3, 0.4) is 0 Å². The van der Waals surface area contributed by atoms with Gasteiger partial charge in [0.2, 0.25) is 0 Å². The van der Waals surface area contributed by atoms with Crippen molar-refractivity contribution in [1.29, 1.82) is 0 Å². The van der Waals surface area contributed by atoms with Gasteiger partial charge < -0.3 is 5.32 Å². The summed E-state index contributed by atoms with van der Waals surface area (Å²) in [5, 5.41) is 4.55. The summed E-state index contributed by atoms with van der Waals surface area (Å²) in [5.41, 5.74) is 1.74. The van der Waals surface area contributed by atoms with Crippen LogP contribution in [0.2, 0.25) is 10.0 Å². The van der Waals surface area contributed by atoms with Crippen LogP contribution in [0, 0.1) is 0 Å².